The van der Waals surface area contributed by atoms with Gasteiger partial charge in [0.05, 0.1) is 12.7 Å². The molecule has 0 aliphatic rings. The summed E-state index contributed by atoms with van der Waals surface area (Å²) in [6, 6.07) is 10.6. The number of pyridine rings is 1. The molecule has 0 bridgehead atoms. The predicted octanol–water partition coefficient (Wildman–Crippen LogP) is 2.67. The average Bonchev–Trinajstić information content (AvgIpc) is 2.46. The molecule has 2 rings (SSSR count). The lowest BCUT2D eigenvalue weighted by Crippen LogP contribution is -2.22. The highest BCUT2D eigenvalue weighted by molar-refractivity contribution is 6.30. The Bertz CT molecular complexity index is 553. The minimum Gasteiger partial charge on any atom is -0.481 e. The number of amides is 1. The first kappa shape index (κ1) is 13.4. The van der Waals surface area contributed by atoms with Gasteiger partial charge in [-0.25, -0.2) is 4.98 Å². The lowest BCUT2D eigenvalue weighted by atomic mass is 10.2. The van der Waals surface area contributed by atoms with E-state index in [-0.39, 0.29) is 5.91 Å². The summed E-state index contributed by atoms with van der Waals surface area (Å²) in [7, 11) is 1.53. The zero-order valence-electron chi connectivity index (χ0n) is 10.4. The summed E-state index contributed by atoms with van der Waals surface area (Å²) in [5.41, 5.74) is 1.48. The number of rotatable bonds is 4. The highest BCUT2D eigenvalue weighted by Crippen LogP contribution is 2.10. The van der Waals surface area contributed by atoms with Crippen LogP contribution in [0.3, 0.4) is 0 Å². The van der Waals surface area contributed by atoms with Crippen molar-refractivity contribution in [2.24, 2.45) is 0 Å². The molecule has 0 aliphatic carbocycles. The largest absolute Gasteiger partial charge is 0.481 e. The molecule has 0 radical (unpaired) electrons. The van der Waals surface area contributed by atoms with Gasteiger partial charge in [0, 0.05) is 23.8 Å². The van der Waals surface area contributed by atoms with Gasteiger partial charge in [0.1, 0.15) is 0 Å². The fourth-order valence-electron chi connectivity index (χ4n) is 1.52. The Morgan fingerprint density at radius 1 is 1.26 bits per heavy atom. The Balaban J connectivity index is 1.95. The van der Waals surface area contributed by atoms with Gasteiger partial charge in [-0.2, -0.15) is 0 Å². The van der Waals surface area contributed by atoms with Crippen LogP contribution in [0.4, 0.5) is 0 Å². The molecule has 19 heavy (non-hydrogen) atoms. The summed E-state index contributed by atoms with van der Waals surface area (Å²) >= 11 is 5.79. The fourth-order valence-corrected chi connectivity index (χ4v) is 1.65. The van der Waals surface area contributed by atoms with Crippen LogP contribution in [0.15, 0.2) is 42.6 Å². The van der Waals surface area contributed by atoms with Gasteiger partial charge < -0.3 is 10.1 Å². The smallest absolute Gasteiger partial charge is 0.253 e. The van der Waals surface area contributed by atoms with Gasteiger partial charge in [-0.05, 0) is 23.8 Å². The number of nitrogens with zero attached hydrogens (tertiary/aromatic N) is 1. The molecule has 1 aromatic carbocycles. The van der Waals surface area contributed by atoms with Crippen molar-refractivity contribution in [3.05, 3.63) is 58.7 Å². The monoisotopic (exact) mass is 276 g/mol. The second-order valence-electron chi connectivity index (χ2n) is 3.90. The number of hydrogen-bond donors (Lipinski definition) is 1. The molecular formula is C14H13ClN2O2. The quantitative estimate of drug-likeness (QED) is 0.934. The third-order valence-corrected chi connectivity index (χ3v) is 2.83. The summed E-state index contributed by atoms with van der Waals surface area (Å²) in [5.74, 6) is 0.305. The standard InChI is InChI=1S/C14H13ClN2O2/c1-19-13-7-4-11(9-16-13)14(18)17-8-10-2-5-12(15)6-3-10/h2-7,9H,8H2,1H3,(H,17,18). The molecule has 5 heteroatoms. The average molecular weight is 277 g/mol. The number of carbonyl (C=O) groups excluding carboxylic acids is 1. The Kier molecular flexibility index (Phi) is 4.36. The summed E-state index contributed by atoms with van der Waals surface area (Å²) in [6.07, 6.45) is 1.48. The summed E-state index contributed by atoms with van der Waals surface area (Å²) in [4.78, 5) is 15.9. The second kappa shape index (κ2) is 6.20. The molecule has 0 spiro atoms. The number of nitrogens with one attached hydrogen (secondary N) is 1. The van der Waals surface area contributed by atoms with Crippen molar-refractivity contribution in [1.82, 2.24) is 10.3 Å². The van der Waals surface area contributed by atoms with Gasteiger partial charge in [0.25, 0.3) is 5.91 Å². The van der Waals surface area contributed by atoms with Crippen LogP contribution >= 0.6 is 11.6 Å². The van der Waals surface area contributed by atoms with Gasteiger partial charge in [0.15, 0.2) is 0 Å². The number of hydrogen-bond acceptors (Lipinski definition) is 3. The molecule has 0 saturated heterocycles. The Morgan fingerprint density at radius 3 is 2.58 bits per heavy atom. The molecule has 98 valence electrons. The number of halogens is 1. The third kappa shape index (κ3) is 3.69. The van der Waals surface area contributed by atoms with Crippen molar-refractivity contribution in [2.45, 2.75) is 6.54 Å². The molecule has 0 unspecified atom stereocenters. The molecular weight excluding hydrogens is 264 g/mol. The van der Waals surface area contributed by atoms with E-state index in [0.29, 0.717) is 23.0 Å². The van der Waals surface area contributed by atoms with E-state index in [1.54, 1.807) is 24.3 Å². The van der Waals surface area contributed by atoms with Crippen molar-refractivity contribution in [3.8, 4) is 5.88 Å². The molecule has 4 nitrogen and oxygen atoms in total. The highest BCUT2D eigenvalue weighted by atomic mass is 35.5. The highest BCUT2D eigenvalue weighted by Gasteiger charge is 2.06. The Morgan fingerprint density at radius 2 is 2.00 bits per heavy atom. The predicted molar refractivity (Wildman–Crippen MR) is 73.4 cm³/mol. The van der Waals surface area contributed by atoms with E-state index in [2.05, 4.69) is 10.3 Å². The van der Waals surface area contributed by atoms with Crippen molar-refractivity contribution < 1.29 is 9.53 Å². The summed E-state index contributed by atoms with van der Waals surface area (Å²) in [6.45, 7) is 0.446. The van der Waals surface area contributed by atoms with E-state index in [9.17, 15) is 4.79 Å². The van der Waals surface area contributed by atoms with Crippen LogP contribution in [0.25, 0.3) is 0 Å². The fraction of sp³-hybridized carbons (Fsp3) is 0.143. The van der Waals surface area contributed by atoms with Gasteiger partial charge in [-0.15, -0.1) is 0 Å². The summed E-state index contributed by atoms with van der Waals surface area (Å²) in [5, 5.41) is 3.48. The minimum atomic E-state index is -0.176. The van der Waals surface area contributed by atoms with Crippen LogP contribution < -0.4 is 10.1 Å². The zero-order valence-corrected chi connectivity index (χ0v) is 11.1. The van der Waals surface area contributed by atoms with Gasteiger partial charge in [-0.1, -0.05) is 23.7 Å². The van der Waals surface area contributed by atoms with Crippen LogP contribution in [0.5, 0.6) is 5.88 Å². The molecule has 0 fully saturated rings. The first-order chi connectivity index (χ1) is 9.19. The van der Waals surface area contributed by atoms with Gasteiger partial charge in [-0.3, -0.25) is 4.79 Å². The van der Waals surface area contributed by atoms with Crippen molar-refractivity contribution in [1.29, 1.82) is 0 Å². The number of benzene rings is 1. The molecule has 0 atom stereocenters. The molecule has 2 aromatic rings. The van der Waals surface area contributed by atoms with Crippen molar-refractivity contribution >= 4 is 17.5 Å². The maximum Gasteiger partial charge on any atom is 0.253 e. The molecule has 0 aliphatic heterocycles. The van der Waals surface area contributed by atoms with E-state index in [1.807, 2.05) is 12.1 Å². The van der Waals surface area contributed by atoms with Gasteiger partial charge in [0.2, 0.25) is 5.88 Å². The Labute approximate surface area is 116 Å². The lowest BCUT2D eigenvalue weighted by molar-refractivity contribution is 0.0950. The lowest BCUT2D eigenvalue weighted by Gasteiger charge is -2.06. The number of methoxy groups -OCH3 is 1. The van der Waals surface area contributed by atoms with Gasteiger partial charge >= 0.3 is 0 Å². The van der Waals surface area contributed by atoms with Crippen LogP contribution in [0.1, 0.15) is 15.9 Å². The zero-order chi connectivity index (χ0) is 13.7. The molecule has 1 N–H and O–H groups in total. The van der Waals surface area contributed by atoms with Crippen LogP contribution in [0, 0.1) is 0 Å². The van der Waals surface area contributed by atoms with E-state index < -0.39 is 0 Å². The molecule has 0 saturated carbocycles. The third-order valence-electron chi connectivity index (χ3n) is 2.57. The molecule has 1 aromatic heterocycles. The number of aromatic nitrogens is 1. The second-order valence-corrected chi connectivity index (χ2v) is 4.33. The maximum absolute atomic E-state index is 11.9. The van der Waals surface area contributed by atoms with Crippen molar-refractivity contribution in [2.75, 3.05) is 7.11 Å². The maximum atomic E-state index is 11.9. The van der Waals surface area contributed by atoms with E-state index in [4.69, 9.17) is 16.3 Å². The minimum absolute atomic E-state index is 0.176. The van der Waals surface area contributed by atoms with E-state index in [0.717, 1.165) is 5.56 Å². The first-order valence-electron chi connectivity index (χ1n) is 5.72. The number of carbonyl (C=O) groups is 1. The molecule has 1 heterocycles. The van der Waals surface area contributed by atoms with Crippen LogP contribution in [0.2, 0.25) is 5.02 Å². The van der Waals surface area contributed by atoms with Crippen LogP contribution in [-0.4, -0.2) is 18.0 Å². The molecule has 1 amide bonds. The number of ether oxygens (including phenoxy) is 1. The van der Waals surface area contributed by atoms with Crippen LogP contribution in [-0.2, 0) is 6.54 Å². The Hall–Kier alpha value is -2.07. The SMILES string of the molecule is COc1ccc(C(=O)NCc2ccc(Cl)cc2)cn1. The van der Waals surface area contributed by atoms with E-state index in [1.165, 1.54) is 13.3 Å². The van der Waals surface area contributed by atoms with Crippen molar-refractivity contribution in [3.63, 3.8) is 0 Å². The topological polar surface area (TPSA) is 51.2 Å². The summed E-state index contributed by atoms with van der Waals surface area (Å²) < 4.78 is 4.93. The van der Waals surface area contributed by atoms with E-state index >= 15 is 0 Å². The normalized spacial score (nSPS) is 10.0. The first-order valence-corrected chi connectivity index (χ1v) is 6.09.